The molecule has 30 heavy (non-hydrogen) atoms. The van der Waals surface area contributed by atoms with Crippen LogP contribution < -0.4 is 16.7 Å². The number of nitrogens with two attached hydrogens (primary N) is 1. The number of rotatable bonds is 3. The lowest BCUT2D eigenvalue weighted by molar-refractivity contribution is 0.1000. The normalized spacial score (nSPS) is 16.3. The maximum Gasteiger partial charge on any atom is 0.349 e. The van der Waals surface area contributed by atoms with Gasteiger partial charge in [0.1, 0.15) is 16.1 Å². The summed E-state index contributed by atoms with van der Waals surface area (Å²) in [5.74, 6) is -0.689. The van der Waals surface area contributed by atoms with Crippen molar-refractivity contribution >= 4 is 39.1 Å². The van der Waals surface area contributed by atoms with Gasteiger partial charge < -0.3 is 15.5 Å². The van der Waals surface area contributed by atoms with E-state index in [9.17, 15) is 14.4 Å². The molecule has 6 nitrogen and oxygen atoms in total. The lowest BCUT2D eigenvalue weighted by Crippen LogP contribution is -2.27. The van der Waals surface area contributed by atoms with E-state index in [2.05, 4.69) is 26.1 Å². The van der Waals surface area contributed by atoms with E-state index >= 15 is 0 Å². The van der Waals surface area contributed by atoms with Crippen molar-refractivity contribution in [1.29, 1.82) is 0 Å². The summed E-state index contributed by atoms with van der Waals surface area (Å²) in [6.07, 6.45) is 2.56. The second-order valence-corrected chi connectivity index (χ2v) is 9.92. The molecule has 3 aromatic rings. The average molecular weight is 425 g/mol. The van der Waals surface area contributed by atoms with Crippen LogP contribution >= 0.6 is 11.3 Å². The second kappa shape index (κ2) is 7.40. The summed E-state index contributed by atoms with van der Waals surface area (Å²) in [5, 5.41) is 3.79. The highest BCUT2D eigenvalue weighted by molar-refractivity contribution is 7.17. The van der Waals surface area contributed by atoms with Crippen molar-refractivity contribution in [1.82, 2.24) is 0 Å². The molecule has 0 spiro atoms. The Bertz CT molecular complexity index is 1220. The standard InChI is InChI=1S/C23H24N2O4S/c1-23(2,3)13-8-9-14-17(11-13)30-21(18(14)19(24)26)25-20(27)15-10-12-6-4-5-7-16(12)29-22(15)28/h4-7,10,13H,8-9,11H2,1-3H3,(H2,24,26)(H,25,27)/t13-/m1/s1. The summed E-state index contributed by atoms with van der Waals surface area (Å²) in [6, 6.07) is 8.49. The molecule has 0 unspecified atom stereocenters. The summed E-state index contributed by atoms with van der Waals surface area (Å²) < 4.78 is 5.26. The third-order valence-corrected chi connectivity index (χ3v) is 7.02. The molecule has 1 aliphatic rings. The monoisotopic (exact) mass is 424 g/mol. The van der Waals surface area contributed by atoms with E-state index in [-0.39, 0.29) is 11.0 Å². The number of primary amides is 1. The minimum atomic E-state index is -0.721. The predicted octanol–water partition coefficient (Wildman–Crippen LogP) is 4.36. The number of benzene rings is 1. The second-order valence-electron chi connectivity index (χ2n) is 8.82. The molecule has 7 heteroatoms. The van der Waals surface area contributed by atoms with Crippen molar-refractivity contribution in [2.45, 2.75) is 40.0 Å². The largest absolute Gasteiger partial charge is 0.422 e. The van der Waals surface area contributed by atoms with Crippen LogP contribution in [0.1, 0.15) is 58.3 Å². The van der Waals surface area contributed by atoms with E-state index in [1.165, 1.54) is 17.4 Å². The van der Waals surface area contributed by atoms with Gasteiger partial charge in [-0.1, -0.05) is 39.0 Å². The van der Waals surface area contributed by atoms with Crippen molar-refractivity contribution in [3.63, 3.8) is 0 Å². The Hall–Kier alpha value is -2.93. The third kappa shape index (κ3) is 3.65. The summed E-state index contributed by atoms with van der Waals surface area (Å²) in [6.45, 7) is 6.65. The molecule has 0 saturated carbocycles. The van der Waals surface area contributed by atoms with Gasteiger partial charge in [-0.05, 0) is 48.3 Å². The molecule has 0 saturated heterocycles. The van der Waals surface area contributed by atoms with E-state index in [1.54, 1.807) is 24.3 Å². The summed E-state index contributed by atoms with van der Waals surface area (Å²) in [4.78, 5) is 38.5. The van der Waals surface area contributed by atoms with Crippen LogP contribution in [0.5, 0.6) is 0 Å². The molecular formula is C23H24N2O4S. The first-order chi connectivity index (χ1) is 14.1. The number of hydrogen-bond donors (Lipinski definition) is 2. The highest BCUT2D eigenvalue weighted by atomic mass is 32.1. The zero-order valence-corrected chi connectivity index (χ0v) is 18.0. The first kappa shape index (κ1) is 20.3. The molecule has 3 N–H and O–H groups in total. The Kier molecular flexibility index (Phi) is 5.02. The van der Waals surface area contributed by atoms with Crippen LogP contribution in [0.3, 0.4) is 0 Å². The van der Waals surface area contributed by atoms with Crippen molar-refractivity contribution in [3.8, 4) is 0 Å². The molecule has 0 aliphatic heterocycles. The first-order valence-corrected chi connectivity index (χ1v) is 10.8. The van der Waals surface area contributed by atoms with Gasteiger partial charge >= 0.3 is 5.63 Å². The molecule has 1 aromatic carbocycles. The molecule has 1 atom stereocenters. The minimum absolute atomic E-state index is 0.108. The molecule has 2 aromatic heterocycles. The molecule has 2 heterocycles. The molecular weight excluding hydrogens is 400 g/mol. The van der Waals surface area contributed by atoms with Crippen LogP contribution in [0.15, 0.2) is 39.5 Å². The first-order valence-electron chi connectivity index (χ1n) is 9.93. The van der Waals surface area contributed by atoms with E-state index in [4.69, 9.17) is 10.2 Å². The van der Waals surface area contributed by atoms with Gasteiger partial charge in [0.15, 0.2) is 0 Å². The van der Waals surface area contributed by atoms with Crippen molar-refractivity contribution < 1.29 is 14.0 Å². The molecule has 156 valence electrons. The van der Waals surface area contributed by atoms with Crippen LogP contribution in [-0.4, -0.2) is 11.8 Å². The Balaban J connectivity index is 1.69. The lowest BCUT2D eigenvalue weighted by Gasteiger charge is -2.33. The molecule has 4 rings (SSSR count). The minimum Gasteiger partial charge on any atom is -0.422 e. The number of para-hydroxylation sites is 1. The molecule has 0 fully saturated rings. The van der Waals surface area contributed by atoms with E-state index in [0.717, 1.165) is 29.7 Å². The Morgan fingerprint density at radius 2 is 1.97 bits per heavy atom. The quantitative estimate of drug-likeness (QED) is 0.610. The van der Waals surface area contributed by atoms with Gasteiger partial charge in [-0.25, -0.2) is 4.79 Å². The highest BCUT2D eigenvalue weighted by Gasteiger charge is 2.33. The predicted molar refractivity (Wildman–Crippen MR) is 118 cm³/mol. The van der Waals surface area contributed by atoms with Gasteiger partial charge in [0.2, 0.25) is 0 Å². The number of hydrogen-bond acceptors (Lipinski definition) is 5. The molecule has 0 bridgehead atoms. The fraction of sp³-hybridized carbons (Fsp3) is 0.348. The molecule has 2 amide bonds. The number of carbonyl (C=O) groups excluding carboxylic acids is 2. The third-order valence-electron chi connectivity index (χ3n) is 5.85. The maximum absolute atomic E-state index is 12.9. The molecule has 0 radical (unpaired) electrons. The summed E-state index contributed by atoms with van der Waals surface area (Å²) in [7, 11) is 0. The van der Waals surface area contributed by atoms with Crippen LogP contribution in [0.25, 0.3) is 11.0 Å². The zero-order chi connectivity index (χ0) is 21.6. The Labute approximate surface area is 178 Å². The van der Waals surface area contributed by atoms with Gasteiger partial charge in [0, 0.05) is 10.3 Å². The van der Waals surface area contributed by atoms with E-state index in [0.29, 0.717) is 27.5 Å². The van der Waals surface area contributed by atoms with Gasteiger partial charge in [-0.2, -0.15) is 0 Å². The van der Waals surface area contributed by atoms with Gasteiger partial charge in [0.25, 0.3) is 11.8 Å². The van der Waals surface area contributed by atoms with E-state index in [1.807, 2.05) is 0 Å². The number of thiophene rings is 1. The highest BCUT2D eigenvalue weighted by Crippen LogP contribution is 2.44. The van der Waals surface area contributed by atoms with Crippen LogP contribution in [0.2, 0.25) is 0 Å². The summed E-state index contributed by atoms with van der Waals surface area (Å²) in [5.41, 5.74) is 6.68. The smallest absolute Gasteiger partial charge is 0.349 e. The number of nitrogens with one attached hydrogen (secondary N) is 1. The maximum atomic E-state index is 12.9. The topological polar surface area (TPSA) is 102 Å². The number of fused-ring (bicyclic) bond motifs is 2. The van der Waals surface area contributed by atoms with Crippen molar-refractivity contribution in [2.75, 3.05) is 5.32 Å². The Morgan fingerprint density at radius 3 is 2.67 bits per heavy atom. The lowest BCUT2D eigenvalue weighted by atomic mass is 9.72. The number of amides is 2. The van der Waals surface area contributed by atoms with Crippen LogP contribution in [0.4, 0.5) is 5.00 Å². The van der Waals surface area contributed by atoms with Crippen molar-refractivity contribution in [3.05, 3.63) is 62.3 Å². The fourth-order valence-corrected chi connectivity index (χ4v) is 5.39. The SMILES string of the molecule is CC(C)(C)[C@@H]1CCc2c(sc(NC(=O)c3cc4ccccc4oc3=O)c2C(N)=O)C1. The van der Waals surface area contributed by atoms with Crippen LogP contribution in [0, 0.1) is 11.3 Å². The average Bonchev–Trinajstić information content (AvgIpc) is 3.03. The van der Waals surface area contributed by atoms with Crippen molar-refractivity contribution in [2.24, 2.45) is 17.1 Å². The summed E-state index contributed by atoms with van der Waals surface area (Å²) >= 11 is 1.38. The molecule has 1 aliphatic carbocycles. The fourth-order valence-electron chi connectivity index (χ4n) is 4.06. The number of anilines is 1. The zero-order valence-electron chi connectivity index (χ0n) is 17.2. The Morgan fingerprint density at radius 1 is 1.23 bits per heavy atom. The van der Waals surface area contributed by atoms with Gasteiger partial charge in [-0.15, -0.1) is 11.3 Å². The van der Waals surface area contributed by atoms with Gasteiger partial charge in [0.05, 0.1) is 5.56 Å². The van der Waals surface area contributed by atoms with Crippen LogP contribution in [-0.2, 0) is 12.8 Å². The number of carbonyl (C=O) groups is 2. The van der Waals surface area contributed by atoms with E-state index < -0.39 is 17.4 Å². The van der Waals surface area contributed by atoms with Gasteiger partial charge in [-0.3, -0.25) is 9.59 Å².